The number of nitrogens with one attached hydrogen (secondary N) is 3. The molecule has 3 N–H and O–H groups in total. The average Bonchev–Trinajstić information content (AvgIpc) is 2.66. The summed E-state index contributed by atoms with van der Waals surface area (Å²) in [5.41, 5.74) is 7.77. The molecule has 25 heavy (non-hydrogen) atoms. The number of hydrazine groups is 1. The number of carbonyl (C=O) groups excluding carboxylic acids is 2. The number of carbonyl (C=O) groups is 2. The highest BCUT2D eigenvalue weighted by atomic mass is 16.2. The third-order valence-electron chi connectivity index (χ3n) is 3.76. The number of hydrogen-bond donors (Lipinski definition) is 3. The van der Waals surface area contributed by atoms with Crippen LogP contribution in [0.1, 0.15) is 29.8 Å². The number of hydrogen-bond acceptors (Lipinski definition) is 3. The first-order valence-corrected chi connectivity index (χ1v) is 8.18. The lowest BCUT2D eigenvalue weighted by Crippen LogP contribution is -2.51. The number of benzene rings is 2. The van der Waals surface area contributed by atoms with Gasteiger partial charge in [-0.3, -0.25) is 15.0 Å². The summed E-state index contributed by atoms with van der Waals surface area (Å²) in [6, 6.07) is 17.8. The second-order valence-electron chi connectivity index (χ2n) is 5.67. The summed E-state index contributed by atoms with van der Waals surface area (Å²) in [5, 5.41) is 2.81. The van der Waals surface area contributed by atoms with Crippen LogP contribution < -0.4 is 16.2 Å². The maximum absolute atomic E-state index is 12.5. The minimum absolute atomic E-state index is 0.278. The van der Waals surface area contributed by atoms with E-state index < -0.39 is 6.04 Å². The van der Waals surface area contributed by atoms with Crippen molar-refractivity contribution in [3.05, 3.63) is 83.6 Å². The van der Waals surface area contributed by atoms with Crippen molar-refractivity contribution in [2.45, 2.75) is 26.3 Å². The fourth-order valence-electron chi connectivity index (χ4n) is 2.21. The minimum atomic E-state index is -0.688. The van der Waals surface area contributed by atoms with Crippen molar-refractivity contribution < 1.29 is 9.59 Å². The van der Waals surface area contributed by atoms with Gasteiger partial charge in [0, 0.05) is 17.7 Å². The molecule has 0 aliphatic heterocycles. The van der Waals surface area contributed by atoms with E-state index in [4.69, 9.17) is 0 Å². The fraction of sp³-hybridized carbons (Fsp3) is 0.200. The third-order valence-corrected chi connectivity index (χ3v) is 3.76. The third kappa shape index (κ3) is 5.80. The Morgan fingerprint density at radius 2 is 1.56 bits per heavy atom. The van der Waals surface area contributed by atoms with Gasteiger partial charge in [-0.05, 0) is 31.5 Å². The van der Waals surface area contributed by atoms with E-state index in [1.807, 2.05) is 56.3 Å². The summed E-state index contributed by atoms with van der Waals surface area (Å²) in [6.07, 6.45) is 2.25. The van der Waals surface area contributed by atoms with Gasteiger partial charge in [-0.25, -0.2) is 0 Å². The average molecular weight is 337 g/mol. The summed E-state index contributed by atoms with van der Waals surface area (Å²) in [6.45, 7) is 3.71. The van der Waals surface area contributed by atoms with Crippen LogP contribution in [0.25, 0.3) is 0 Å². The smallest absolute Gasteiger partial charge is 0.261 e. The molecule has 0 saturated carbocycles. The van der Waals surface area contributed by atoms with Crippen LogP contribution in [0.2, 0.25) is 0 Å². The lowest BCUT2D eigenvalue weighted by molar-refractivity contribution is -0.123. The van der Waals surface area contributed by atoms with Crippen LogP contribution in [-0.4, -0.2) is 17.9 Å². The van der Waals surface area contributed by atoms with Crippen molar-refractivity contribution in [1.82, 2.24) is 16.2 Å². The van der Waals surface area contributed by atoms with E-state index in [2.05, 4.69) is 16.2 Å². The van der Waals surface area contributed by atoms with Gasteiger partial charge >= 0.3 is 0 Å². The van der Waals surface area contributed by atoms with Crippen molar-refractivity contribution in [2.75, 3.05) is 0 Å². The highest BCUT2D eigenvalue weighted by Gasteiger charge is 2.21. The molecule has 0 fully saturated rings. The Balaban J connectivity index is 2.10. The molecule has 0 saturated heterocycles. The van der Waals surface area contributed by atoms with Crippen molar-refractivity contribution in [2.24, 2.45) is 0 Å². The van der Waals surface area contributed by atoms with E-state index in [1.54, 1.807) is 24.3 Å². The van der Waals surface area contributed by atoms with Gasteiger partial charge in [-0.2, -0.15) is 0 Å². The van der Waals surface area contributed by atoms with E-state index in [0.29, 0.717) is 12.0 Å². The summed E-state index contributed by atoms with van der Waals surface area (Å²) in [4.78, 5) is 24.9. The maximum atomic E-state index is 12.5. The summed E-state index contributed by atoms with van der Waals surface area (Å²) >= 11 is 0. The predicted octanol–water partition coefficient (Wildman–Crippen LogP) is 2.57. The number of allylic oxidation sites excluding steroid dienone is 2. The Bertz CT molecular complexity index is 727. The van der Waals surface area contributed by atoms with Gasteiger partial charge in [0.15, 0.2) is 0 Å². The molecule has 5 heteroatoms. The standard InChI is InChI=1S/C20H23N3O2/c1-3-15(2)22-23-20(25)18(14-16-10-6-4-7-11-16)21-19(24)17-12-8-5-9-13-17/h3-13,18,22H,14H2,1-2H3,(H,21,24)(H,23,25). The second kappa shape index (κ2) is 9.27. The van der Waals surface area contributed by atoms with Crippen molar-refractivity contribution >= 4 is 11.8 Å². The highest BCUT2D eigenvalue weighted by Crippen LogP contribution is 2.05. The predicted molar refractivity (Wildman–Crippen MR) is 98.6 cm³/mol. The molecule has 0 radical (unpaired) electrons. The Morgan fingerprint density at radius 1 is 0.960 bits per heavy atom. The van der Waals surface area contributed by atoms with Gasteiger partial charge in [0.1, 0.15) is 6.04 Å². The molecular weight excluding hydrogens is 314 g/mol. The summed E-state index contributed by atoms with van der Waals surface area (Å²) in [5.74, 6) is -0.575. The van der Waals surface area contributed by atoms with E-state index in [9.17, 15) is 9.59 Å². The topological polar surface area (TPSA) is 70.2 Å². The van der Waals surface area contributed by atoms with Gasteiger partial charge in [0.05, 0.1) is 0 Å². The second-order valence-corrected chi connectivity index (χ2v) is 5.67. The Hall–Kier alpha value is -3.08. The Morgan fingerprint density at radius 3 is 2.16 bits per heavy atom. The van der Waals surface area contributed by atoms with Crippen LogP contribution in [0.3, 0.4) is 0 Å². The first-order valence-electron chi connectivity index (χ1n) is 8.18. The van der Waals surface area contributed by atoms with Crippen LogP contribution in [0.4, 0.5) is 0 Å². The van der Waals surface area contributed by atoms with E-state index in [1.165, 1.54) is 0 Å². The van der Waals surface area contributed by atoms with Crippen molar-refractivity contribution in [3.63, 3.8) is 0 Å². The first kappa shape index (κ1) is 18.3. The van der Waals surface area contributed by atoms with E-state index >= 15 is 0 Å². The lowest BCUT2D eigenvalue weighted by Gasteiger charge is -2.19. The van der Waals surface area contributed by atoms with Gasteiger partial charge in [-0.15, -0.1) is 0 Å². The zero-order valence-corrected chi connectivity index (χ0v) is 14.5. The summed E-state index contributed by atoms with van der Waals surface area (Å²) < 4.78 is 0. The molecule has 2 amide bonds. The molecule has 1 atom stereocenters. The lowest BCUT2D eigenvalue weighted by atomic mass is 10.0. The molecule has 0 spiro atoms. The van der Waals surface area contributed by atoms with Gasteiger partial charge < -0.3 is 10.7 Å². The van der Waals surface area contributed by atoms with Crippen molar-refractivity contribution in [3.8, 4) is 0 Å². The van der Waals surface area contributed by atoms with Crippen LogP contribution in [0, 0.1) is 0 Å². The normalized spacial score (nSPS) is 12.2. The van der Waals surface area contributed by atoms with E-state index in [0.717, 1.165) is 11.3 Å². The van der Waals surface area contributed by atoms with Crippen LogP contribution >= 0.6 is 0 Å². The fourth-order valence-corrected chi connectivity index (χ4v) is 2.21. The minimum Gasteiger partial charge on any atom is -0.340 e. The zero-order valence-electron chi connectivity index (χ0n) is 14.5. The molecular formula is C20H23N3O2. The molecule has 1 unspecified atom stereocenters. The van der Waals surface area contributed by atoms with Crippen LogP contribution in [0.15, 0.2) is 72.4 Å². The van der Waals surface area contributed by atoms with E-state index in [-0.39, 0.29) is 11.8 Å². The Labute approximate surface area is 148 Å². The van der Waals surface area contributed by atoms with Crippen LogP contribution in [0.5, 0.6) is 0 Å². The molecule has 0 heterocycles. The molecule has 2 rings (SSSR count). The number of amides is 2. The molecule has 2 aromatic rings. The number of rotatable bonds is 7. The molecule has 0 bridgehead atoms. The maximum Gasteiger partial charge on any atom is 0.261 e. The molecule has 0 aliphatic carbocycles. The van der Waals surface area contributed by atoms with Gasteiger partial charge in [-0.1, -0.05) is 54.6 Å². The molecule has 0 aliphatic rings. The Kier molecular flexibility index (Phi) is 6.77. The molecule has 2 aromatic carbocycles. The first-order chi connectivity index (χ1) is 12.1. The van der Waals surface area contributed by atoms with Gasteiger partial charge in [0.2, 0.25) is 0 Å². The zero-order chi connectivity index (χ0) is 18.1. The molecule has 5 nitrogen and oxygen atoms in total. The van der Waals surface area contributed by atoms with Crippen molar-refractivity contribution in [1.29, 1.82) is 0 Å². The molecule has 0 aromatic heterocycles. The SMILES string of the molecule is CC=C(C)NNC(=O)C(Cc1ccccc1)NC(=O)c1ccccc1. The highest BCUT2D eigenvalue weighted by molar-refractivity contribution is 5.97. The summed E-state index contributed by atoms with van der Waals surface area (Å²) in [7, 11) is 0. The quantitative estimate of drug-likeness (QED) is 0.680. The molecule has 130 valence electrons. The monoisotopic (exact) mass is 337 g/mol. The largest absolute Gasteiger partial charge is 0.340 e. The van der Waals surface area contributed by atoms with Gasteiger partial charge in [0.25, 0.3) is 11.8 Å². The van der Waals surface area contributed by atoms with Crippen LogP contribution in [-0.2, 0) is 11.2 Å².